The van der Waals surface area contributed by atoms with E-state index >= 15 is 0 Å². The molecule has 0 aromatic heterocycles. The molecule has 1 atom stereocenters. The van der Waals surface area contributed by atoms with E-state index in [9.17, 15) is 8.42 Å². The lowest BCUT2D eigenvalue weighted by Gasteiger charge is -2.13. The standard InChI is InChI=1S/C12H19NO2S/c1-5-11(4)16(14,15)13-12-7-6-9(2)10(3)8-12/h6-8,11,13H,5H2,1-4H3. The average molecular weight is 241 g/mol. The van der Waals surface area contributed by atoms with Crippen molar-refractivity contribution in [1.82, 2.24) is 0 Å². The minimum Gasteiger partial charge on any atom is -0.283 e. The van der Waals surface area contributed by atoms with E-state index in [4.69, 9.17) is 0 Å². The van der Waals surface area contributed by atoms with Crippen molar-refractivity contribution in [1.29, 1.82) is 0 Å². The highest BCUT2D eigenvalue weighted by molar-refractivity contribution is 7.93. The van der Waals surface area contributed by atoms with E-state index in [1.54, 1.807) is 13.0 Å². The van der Waals surface area contributed by atoms with Gasteiger partial charge in [0.05, 0.1) is 5.25 Å². The molecule has 4 heteroatoms. The van der Waals surface area contributed by atoms with E-state index in [1.165, 1.54) is 0 Å². The number of rotatable bonds is 4. The highest BCUT2D eigenvalue weighted by atomic mass is 32.2. The summed E-state index contributed by atoms with van der Waals surface area (Å²) in [5.74, 6) is 0. The Bertz CT molecular complexity index is 466. The van der Waals surface area contributed by atoms with Crippen LogP contribution in [-0.2, 0) is 10.0 Å². The van der Waals surface area contributed by atoms with Crippen LogP contribution in [0.25, 0.3) is 0 Å². The fourth-order valence-electron chi connectivity index (χ4n) is 1.29. The Hall–Kier alpha value is -1.03. The Morgan fingerprint density at radius 3 is 2.38 bits per heavy atom. The fraction of sp³-hybridized carbons (Fsp3) is 0.500. The topological polar surface area (TPSA) is 46.2 Å². The van der Waals surface area contributed by atoms with Gasteiger partial charge in [0.15, 0.2) is 0 Å². The van der Waals surface area contributed by atoms with Crippen LogP contribution in [0, 0.1) is 13.8 Å². The quantitative estimate of drug-likeness (QED) is 0.881. The van der Waals surface area contributed by atoms with Gasteiger partial charge in [-0.05, 0) is 50.5 Å². The van der Waals surface area contributed by atoms with E-state index in [1.807, 2.05) is 32.9 Å². The van der Waals surface area contributed by atoms with E-state index in [0.29, 0.717) is 12.1 Å². The van der Waals surface area contributed by atoms with Gasteiger partial charge in [0.2, 0.25) is 10.0 Å². The van der Waals surface area contributed by atoms with Gasteiger partial charge in [-0.3, -0.25) is 4.72 Å². The van der Waals surface area contributed by atoms with E-state index < -0.39 is 10.0 Å². The predicted octanol–water partition coefficient (Wildman–Crippen LogP) is 2.84. The van der Waals surface area contributed by atoms with E-state index in [2.05, 4.69) is 4.72 Å². The molecule has 0 fully saturated rings. The van der Waals surface area contributed by atoms with Crippen LogP contribution in [-0.4, -0.2) is 13.7 Å². The van der Waals surface area contributed by atoms with Gasteiger partial charge in [-0.2, -0.15) is 0 Å². The van der Waals surface area contributed by atoms with Gasteiger partial charge in [-0.1, -0.05) is 13.0 Å². The maximum atomic E-state index is 11.8. The van der Waals surface area contributed by atoms with Crippen LogP contribution in [0.15, 0.2) is 18.2 Å². The second-order valence-corrected chi connectivity index (χ2v) is 6.26. The van der Waals surface area contributed by atoms with Crippen molar-refractivity contribution >= 4 is 15.7 Å². The van der Waals surface area contributed by atoms with Gasteiger partial charge >= 0.3 is 0 Å². The Balaban J connectivity index is 2.93. The van der Waals surface area contributed by atoms with Gasteiger partial charge < -0.3 is 0 Å². The first-order chi connectivity index (χ1) is 7.36. The SMILES string of the molecule is CCC(C)S(=O)(=O)Nc1ccc(C)c(C)c1. The van der Waals surface area contributed by atoms with Crippen LogP contribution in [0.4, 0.5) is 5.69 Å². The lowest BCUT2D eigenvalue weighted by Crippen LogP contribution is -2.24. The summed E-state index contributed by atoms with van der Waals surface area (Å²) in [5, 5.41) is -0.367. The maximum absolute atomic E-state index is 11.8. The van der Waals surface area contributed by atoms with Gasteiger partial charge in [-0.25, -0.2) is 8.42 Å². The molecular weight excluding hydrogens is 222 g/mol. The molecule has 0 saturated carbocycles. The zero-order valence-electron chi connectivity index (χ0n) is 10.2. The molecule has 0 aliphatic heterocycles. The summed E-state index contributed by atoms with van der Waals surface area (Å²) in [4.78, 5) is 0. The summed E-state index contributed by atoms with van der Waals surface area (Å²) in [6.07, 6.45) is 0.611. The molecule has 0 bridgehead atoms. The molecule has 1 rings (SSSR count). The molecule has 0 aliphatic carbocycles. The summed E-state index contributed by atoms with van der Waals surface area (Å²) < 4.78 is 26.2. The minimum atomic E-state index is -3.24. The molecule has 3 nitrogen and oxygen atoms in total. The third-order valence-electron chi connectivity index (χ3n) is 2.87. The molecular formula is C12H19NO2S. The van der Waals surface area contributed by atoms with E-state index in [0.717, 1.165) is 11.1 Å². The van der Waals surface area contributed by atoms with Crippen molar-refractivity contribution in [3.63, 3.8) is 0 Å². The molecule has 1 aromatic carbocycles. The molecule has 0 radical (unpaired) electrons. The largest absolute Gasteiger partial charge is 0.283 e. The van der Waals surface area contributed by atoms with Gasteiger partial charge in [0.25, 0.3) is 0 Å². The molecule has 0 amide bonds. The molecule has 0 saturated heterocycles. The molecule has 90 valence electrons. The number of hydrogen-bond acceptors (Lipinski definition) is 2. The van der Waals surface area contributed by atoms with Crippen molar-refractivity contribution in [2.45, 2.75) is 39.4 Å². The number of aryl methyl sites for hydroxylation is 2. The first-order valence-corrected chi connectivity index (χ1v) is 7.00. The zero-order valence-corrected chi connectivity index (χ0v) is 11.1. The second-order valence-electron chi connectivity index (χ2n) is 4.16. The summed E-state index contributed by atoms with van der Waals surface area (Å²) >= 11 is 0. The van der Waals surface area contributed by atoms with Crippen LogP contribution in [0.2, 0.25) is 0 Å². The first-order valence-electron chi connectivity index (χ1n) is 5.45. The van der Waals surface area contributed by atoms with E-state index in [-0.39, 0.29) is 5.25 Å². The van der Waals surface area contributed by atoms with Crippen molar-refractivity contribution in [3.05, 3.63) is 29.3 Å². The first kappa shape index (κ1) is 13.0. The average Bonchev–Trinajstić information content (AvgIpc) is 2.22. The smallest absolute Gasteiger partial charge is 0.235 e. The summed E-state index contributed by atoms with van der Waals surface area (Å²) in [6, 6.07) is 5.57. The fourth-order valence-corrected chi connectivity index (χ4v) is 2.38. The van der Waals surface area contributed by atoms with Crippen molar-refractivity contribution in [2.75, 3.05) is 4.72 Å². The van der Waals surface area contributed by atoms with Gasteiger partial charge in [-0.15, -0.1) is 0 Å². The normalized spacial score (nSPS) is 13.5. The van der Waals surface area contributed by atoms with Crippen molar-refractivity contribution < 1.29 is 8.42 Å². The van der Waals surface area contributed by atoms with Gasteiger partial charge in [0, 0.05) is 5.69 Å². The second kappa shape index (κ2) is 4.87. The molecule has 0 aliphatic rings. The molecule has 0 heterocycles. The number of hydrogen-bond donors (Lipinski definition) is 1. The molecule has 1 unspecified atom stereocenters. The zero-order chi connectivity index (χ0) is 12.3. The Morgan fingerprint density at radius 1 is 1.25 bits per heavy atom. The van der Waals surface area contributed by atoms with Crippen LogP contribution in [0.3, 0.4) is 0 Å². The monoisotopic (exact) mass is 241 g/mol. The van der Waals surface area contributed by atoms with Crippen LogP contribution in [0.5, 0.6) is 0 Å². The van der Waals surface area contributed by atoms with Crippen LogP contribution >= 0.6 is 0 Å². The number of nitrogens with one attached hydrogen (secondary N) is 1. The minimum absolute atomic E-state index is 0.367. The van der Waals surface area contributed by atoms with Crippen molar-refractivity contribution in [2.24, 2.45) is 0 Å². The third-order valence-corrected chi connectivity index (χ3v) is 4.78. The molecule has 1 aromatic rings. The Morgan fingerprint density at radius 2 is 1.88 bits per heavy atom. The summed E-state index contributed by atoms with van der Waals surface area (Å²) in [7, 11) is -3.24. The maximum Gasteiger partial charge on any atom is 0.235 e. The molecule has 16 heavy (non-hydrogen) atoms. The third kappa shape index (κ3) is 2.98. The van der Waals surface area contributed by atoms with Gasteiger partial charge in [0.1, 0.15) is 0 Å². The van der Waals surface area contributed by atoms with Crippen molar-refractivity contribution in [3.8, 4) is 0 Å². The number of sulfonamides is 1. The predicted molar refractivity (Wildman–Crippen MR) is 68.2 cm³/mol. The highest BCUT2D eigenvalue weighted by Gasteiger charge is 2.18. The summed E-state index contributed by atoms with van der Waals surface area (Å²) in [6.45, 7) is 7.55. The summed E-state index contributed by atoms with van der Waals surface area (Å²) in [5.41, 5.74) is 2.89. The van der Waals surface area contributed by atoms with Crippen LogP contribution in [0.1, 0.15) is 31.4 Å². The molecule has 0 spiro atoms. The molecule has 1 N–H and O–H groups in total. The van der Waals surface area contributed by atoms with Crippen LogP contribution < -0.4 is 4.72 Å². The highest BCUT2D eigenvalue weighted by Crippen LogP contribution is 2.17. The number of benzene rings is 1. The Labute approximate surface area is 97.9 Å². The number of anilines is 1. The Kier molecular flexibility index (Phi) is 3.97. The lowest BCUT2D eigenvalue weighted by molar-refractivity contribution is 0.586. The lowest BCUT2D eigenvalue weighted by atomic mass is 10.1.